The predicted molar refractivity (Wildman–Crippen MR) is 85.1 cm³/mol. The van der Waals surface area contributed by atoms with Crippen molar-refractivity contribution in [2.45, 2.75) is 6.54 Å². The van der Waals surface area contributed by atoms with Crippen LogP contribution in [0, 0.1) is 0 Å². The summed E-state index contributed by atoms with van der Waals surface area (Å²) in [6, 6.07) is 13.5. The molecule has 6 heteroatoms. The first-order valence-corrected chi connectivity index (χ1v) is 7.11. The second-order valence-electron chi connectivity index (χ2n) is 4.45. The zero-order valence-corrected chi connectivity index (χ0v) is 12.5. The normalized spacial score (nSPS) is 10.6. The zero-order valence-electron chi connectivity index (χ0n) is 11.0. The lowest BCUT2D eigenvalue weighted by Crippen LogP contribution is -2.01. The summed E-state index contributed by atoms with van der Waals surface area (Å²) >= 11 is 12.2. The SMILES string of the molecule is Clc1cccc(CNc2ccc(-n3cncn3)cc2)c1Cl. The average molecular weight is 319 g/mol. The van der Waals surface area contributed by atoms with Gasteiger partial charge in [-0.2, -0.15) is 5.10 Å². The van der Waals surface area contributed by atoms with Gasteiger partial charge in [-0.05, 0) is 35.9 Å². The van der Waals surface area contributed by atoms with E-state index in [0.717, 1.165) is 16.9 Å². The van der Waals surface area contributed by atoms with E-state index in [1.165, 1.54) is 6.33 Å². The summed E-state index contributed by atoms with van der Waals surface area (Å²) in [4.78, 5) is 3.92. The highest BCUT2D eigenvalue weighted by Gasteiger charge is 2.04. The van der Waals surface area contributed by atoms with Crippen molar-refractivity contribution in [3.8, 4) is 5.69 Å². The molecule has 4 nitrogen and oxygen atoms in total. The number of halogens is 2. The van der Waals surface area contributed by atoms with E-state index in [1.54, 1.807) is 17.1 Å². The van der Waals surface area contributed by atoms with Crippen LogP contribution in [0.15, 0.2) is 55.1 Å². The second-order valence-corrected chi connectivity index (χ2v) is 5.24. The van der Waals surface area contributed by atoms with Gasteiger partial charge in [-0.3, -0.25) is 0 Å². The molecule has 1 aromatic heterocycles. The Morgan fingerprint density at radius 1 is 1.05 bits per heavy atom. The highest BCUT2D eigenvalue weighted by atomic mass is 35.5. The molecule has 106 valence electrons. The third-order valence-electron chi connectivity index (χ3n) is 3.07. The topological polar surface area (TPSA) is 42.7 Å². The second kappa shape index (κ2) is 6.16. The predicted octanol–water partition coefficient (Wildman–Crippen LogP) is 4.19. The Bertz CT molecular complexity index is 724. The number of nitrogens with one attached hydrogen (secondary N) is 1. The van der Waals surface area contributed by atoms with Crippen molar-refractivity contribution in [1.82, 2.24) is 14.8 Å². The van der Waals surface area contributed by atoms with Crippen LogP contribution in [0.5, 0.6) is 0 Å². The van der Waals surface area contributed by atoms with E-state index in [0.29, 0.717) is 16.6 Å². The van der Waals surface area contributed by atoms with Gasteiger partial charge in [0.25, 0.3) is 0 Å². The molecule has 0 fully saturated rings. The van der Waals surface area contributed by atoms with Crippen LogP contribution >= 0.6 is 23.2 Å². The van der Waals surface area contributed by atoms with E-state index in [9.17, 15) is 0 Å². The van der Waals surface area contributed by atoms with E-state index in [-0.39, 0.29) is 0 Å². The molecule has 0 saturated carbocycles. The van der Waals surface area contributed by atoms with Gasteiger partial charge in [0, 0.05) is 12.2 Å². The highest BCUT2D eigenvalue weighted by Crippen LogP contribution is 2.26. The fourth-order valence-corrected chi connectivity index (χ4v) is 2.34. The third kappa shape index (κ3) is 3.17. The molecule has 3 aromatic rings. The lowest BCUT2D eigenvalue weighted by molar-refractivity contribution is 0.879. The Hall–Kier alpha value is -2.04. The van der Waals surface area contributed by atoms with Crippen LogP contribution in [0.4, 0.5) is 5.69 Å². The van der Waals surface area contributed by atoms with E-state index in [2.05, 4.69) is 15.4 Å². The molecule has 0 bridgehead atoms. The van der Waals surface area contributed by atoms with Crippen LogP contribution in [0.3, 0.4) is 0 Å². The van der Waals surface area contributed by atoms with Crippen LogP contribution in [-0.4, -0.2) is 14.8 Å². The summed E-state index contributed by atoms with van der Waals surface area (Å²) in [6.45, 7) is 0.613. The van der Waals surface area contributed by atoms with Crippen molar-refractivity contribution in [1.29, 1.82) is 0 Å². The minimum atomic E-state index is 0.567. The molecule has 0 spiro atoms. The molecule has 0 atom stereocenters. The fraction of sp³-hybridized carbons (Fsp3) is 0.0667. The summed E-state index contributed by atoms with van der Waals surface area (Å²) in [7, 11) is 0. The minimum absolute atomic E-state index is 0.567. The van der Waals surface area contributed by atoms with Crippen molar-refractivity contribution in [2.75, 3.05) is 5.32 Å². The Morgan fingerprint density at radius 3 is 2.57 bits per heavy atom. The molecule has 0 saturated heterocycles. The number of anilines is 1. The van der Waals surface area contributed by atoms with E-state index < -0.39 is 0 Å². The number of hydrogen-bond donors (Lipinski definition) is 1. The largest absolute Gasteiger partial charge is 0.381 e. The van der Waals surface area contributed by atoms with E-state index >= 15 is 0 Å². The van der Waals surface area contributed by atoms with Crippen molar-refractivity contribution < 1.29 is 0 Å². The molecule has 0 aliphatic rings. The molecule has 0 radical (unpaired) electrons. The number of rotatable bonds is 4. The number of aromatic nitrogens is 3. The van der Waals surface area contributed by atoms with Gasteiger partial charge in [0.1, 0.15) is 12.7 Å². The lowest BCUT2D eigenvalue weighted by Gasteiger charge is -2.09. The molecular formula is C15H12Cl2N4. The monoisotopic (exact) mass is 318 g/mol. The van der Waals surface area contributed by atoms with Gasteiger partial charge in [-0.15, -0.1) is 0 Å². The Morgan fingerprint density at radius 2 is 1.86 bits per heavy atom. The van der Waals surface area contributed by atoms with Crippen molar-refractivity contribution in [2.24, 2.45) is 0 Å². The number of hydrogen-bond acceptors (Lipinski definition) is 3. The van der Waals surface area contributed by atoms with Gasteiger partial charge < -0.3 is 5.32 Å². The van der Waals surface area contributed by atoms with Gasteiger partial charge in [0.15, 0.2) is 0 Å². The van der Waals surface area contributed by atoms with Crippen molar-refractivity contribution in [3.63, 3.8) is 0 Å². The average Bonchev–Trinajstić information content (AvgIpc) is 3.04. The van der Waals surface area contributed by atoms with Gasteiger partial charge in [0.05, 0.1) is 15.7 Å². The van der Waals surface area contributed by atoms with Crippen molar-refractivity contribution >= 4 is 28.9 Å². The van der Waals surface area contributed by atoms with E-state index in [4.69, 9.17) is 23.2 Å². The highest BCUT2D eigenvalue weighted by molar-refractivity contribution is 6.42. The molecule has 1 heterocycles. The lowest BCUT2D eigenvalue weighted by atomic mass is 10.2. The molecule has 2 aromatic carbocycles. The van der Waals surface area contributed by atoms with Gasteiger partial charge in [-0.1, -0.05) is 35.3 Å². The van der Waals surface area contributed by atoms with Crippen LogP contribution in [0.1, 0.15) is 5.56 Å². The fourth-order valence-electron chi connectivity index (χ4n) is 1.96. The van der Waals surface area contributed by atoms with E-state index in [1.807, 2.05) is 36.4 Å². The summed E-state index contributed by atoms with van der Waals surface area (Å²) in [5.41, 5.74) is 2.92. The first-order valence-electron chi connectivity index (χ1n) is 6.36. The third-order valence-corrected chi connectivity index (χ3v) is 3.92. The summed E-state index contributed by atoms with van der Waals surface area (Å²) < 4.78 is 1.71. The smallest absolute Gasteiger partial charge is 0.138 e. The molecule has 0 aliphatic carbocycles. The zero-order chi connectivity index (χ0) is 14.7. The Kier molecular flexibility index (Phi) is 4.08. The molecule has 1 N–H and O–H groups in total. The molecule has 0 amide bonds. The standard InChI is InChI=1S/C15H12Cl2N4/c16-14-3-1-2-11(15(14)17)8-19-12-4-6-13(7-5-12)21-10-18-9-20-21/h1-7,9-10,19H,8H2. The maximum atomic E-state index is 6.16. The molecule has 21 heavy (non-hydrogen) atoms. The molecular weight excluding hydrogens is 307 g/mol. The van der Waals surface area contributed by atoms with Crippen LogP contribution in [0.2, 0.25) is 10.0 Å². The molecule has 3 rings (SSSR count). The van der Waals surface area contributed by atoms with Gasteiger partial charge in [-0.25, -0.2) is 9.67 Å². The maximum absolute atomic E-state index is 6.16. The summed E-state index contributed by atoms with van der Waals surface area (Å²) in [5.74, 6) is 0. The van der Waals surface area contributed by atoms with Crippen LogP contribution in [0.25, 0.3) is 5.69 Å². The Labute approximate surface area is 132 Å². The summed E-state index contributed by atoms with van der Waals surface area (Å²) in [5, 5.41) is 8.55. The number of benzene rings is 2. The maximum Gasteiger partial charge on any atom is 0.138 e. The summed E-state index contributed by atoms with van der Waals surface area (Å²) in [6.07, 6.45) is 3.17. The number of nitrogens with zero attached hydrogens (tertiary/aromatic N) is 3. The van der Waals surface area contributed by atoms with Crippen LogP contribution in [-0.2, 0) is 6.54 Å². The minimum Gasteiger partial charge on any atom is -0.381 e. The first-order chi connectivity index (χ1) is 10.2. The van der Waals surface area contributed by atoms with Gasteiger partial charge in [0.2, 0.25) is 0 Å². The quantitative estimate of drug-likeness (QED) is 0.784. The van der Waals surface area contributed by atoms with Crippen LogP contribution < -0.4 is 5.32 Å². The van der Waals surface area contributed by atoms with Gasteiger partial charge >= 0.3 is 0 Å². The molecule has 0 unspecified atom stereocenters. The van der Waals surface area contributed by atoms with Crippen molar-refractivity contribution in [3.05, 3.63) is 70.7 Å². The first kappa shape index (κ1) is 13.9. The Balaban J connectivity index is 1.70. The molecule has 0 aliphatic heterocycles.